The molecule has 0 atom stereocenters. The molecule has 2 aromatic carbocycles. The van der Waals surface area contributed by atoms with E-state index in [4.69, 9.17) is 0 Å². The van der Waals surface area contributed by atoms with Gasteiger partial charge in [0.15, 0.2) is 0 Å². The van der Waals surface area contributed by atoms with E-state index < -0.39 is 48.4 Å². The third-order valence-electron chi connectivity index (χ3n) is 14.4. The van der Waals surface area contributed by atoms with Crippen LogP contribution in [0.1, 0.15) is 64.2 Å². The lowest BCUT2D eigenvalue weighted by molar-refractivity contribution is 0.560. The van der Waals surface area contributed by atoms with Gasteiger partial charge in [-0.15, -0.1) is 0 Å². The van der Waals surface area contributed by atoms with Crippen LogP contribution in [-0.4, -0.2) is 48.4 Å². The molecule has 5 rings (SSSR count). The van der Waals surface area contributed by atoms with E-state index in [-0.39, 0.29) is 0 Å². The monoisotopic (exact) mass is 779 g/mol. The molecule has 0 aliphatic carbocycles. The van der Waals surface area contributed by atoms with Crippen LogP contribution in [0.2, 0.25) is 137 Å². The second-order valence-corrected chi connectivity index (χ2v) is 51.6. The van der Waals surface area contributed by atoms with Crippen molar-refractivity contribution < 1.29 is 0 Å². The van der Waals surface area contributed by atoms with Crippen molar-refractivity contribution >= 4 is 58.8 Å². The minimum absolute atomic E-state index is 1.28. The summed E-state index contributed by atoms with van der Waals surface area (Å²) in [5.41, 5.74) is 0. The Bertz CT molecular complexity index is 1100. The van der Waals surface area contributed by atoms with E-state index >= 15 is 0 Å². The van der Waals surface area contributed by atoms with E-state index in [1.54, 1.807) is 84.6 Å². The van der Waals surface area contributed by atoms with E-state index in [1.165, 1.54) is 64.2 Å². The molecule has 0 unspecified atom stereocenters. The summed E-state index contributed by atoms with van der Waals surface area (Å²) in [5.74, 6) is 0. The fourth-order valence-corrected chi connectivity index (χ4v) is 46.9. The molecule has 3 heterocycles. The molecule has 2 bridgehead atoms. The van der Waals surface area contributed by atoms with E-state index in [9.17, 15) is 0 Å². The SMILES string of the molecule is C[Si]1(C)CC[Si](C)(C)CC[Si]2(c3ccccc3)CCCCCCCCCCCC[Si](c3ccccc3)(CC1)CC[Si](C)(C)CC[Si](C)(C)CC2. The number of fused-ring (bicyclic) bond motifs is 25. The van der Waals surface area contributed by atoms with Gasteiger partial charge in [0.05, 0.1) is 16.1 Å². The molecule has 0 nitrogen and oxygen atoms in total. The fraction of sp³-hybridized carbons (Fsp3) is 0.727. The van der Waals surface area contributed by atoms with Crippen molar-refractivity contribution in [1.29, 1.82) is 0 Å². The maximum atomic E-state index is 2.81. The zero-order chi connectivity index (χ0) is 36.2. The predicted molar refractivity (Wildman–Crippen MR) is 247 cm³/mol. The standard InChI is InChI=1S/C44H82Si6/c1-45(2)31-32-46(3,4)36-41-50(44-27-21-18-22-28-44)30-24-16-14-12-10-9-11-13-15-23-29-49(39-35-45,43-25-19-17-20-26-43)40-37-47(5,6)33-34-48(7,8)38-42-50/h17-22,25-28H,9-16,23-24,29-42H2,1-8H3. The van der Waals surface area contributed by atoms with Crippen LogP contribution < -0.4 is 10.4 Å². The molecule has 282 valence electrons. The molecular weight excluding hydrogens is 697 g/mol. The van der Waals surface area contributed by atoms with Crippen molar-refractivity contribution in [2.45, 2.75) is 201 Å². The van der Waals surface area contributed by atoms with Gasteiger partial charge in [0.1, 0.15) is 0 Å². The van der Waals surface area contributed by atoms with E-state index in [1.807, 2.05) is 10.4 Å². The molecule has 0 radical (unpaired) electrons. The van der Waals surface area contributed by atoms with Gasteiger partial charge < -0.3 is 0 Å². The highest BCUT2D eigenvalue weighted by Gasteiger charge is 2.42. The van der Waals surface area contributed by atoms with Gasteiger partial charge in [0, 0.05) is 32.3 Å². The highest BCUT2D eigenvalue weighted by atomic mass is 28.3. The lowest BCUT2D eigenvalue weighted by atomic mass is 10.1. The Labute approximate surface area is 318 Å². The van der Waals surface area contributed by atoms with Crippen LogP contribution in [0.3, 0.4) is 0 Å². The first kappa shape index (κ1) is 42.5. The molecule has 0 amide bonds. The summed E-state index contributed by atoms with van der Waals surface area (Å²) in [6.07, 6.45) is 14.8. The molecule has 3 saturated heterocycles. The molecule has 0 saturated carbocycles. The molecule has 6 heteroatoms. The van der Waals surface area contributed by atoms with Gasteiger partial charge in [-0.1, -0.05) is 272 Å². The van der Waals surface area contributed by atoms with E-state index in [2.05, 4.69) is 113 Å². The summed E-state index contributed by atoms with van der Waals surface area (Å²) in [5, 5.41) is 3.68. The smallest absolute Gasteiger partial charge is 0.0694 e. The van der Waals surface area contributed by atoms with Crippen LogP contribution in [0.25, 0.3) is 0 Å². The maximum absolute atomic E-state index is 2.81. The molecule has 3 fully saturated rings. The summed E-state index contributed by atoms with van der Waals surface area (Å²) < 4.78 is 0. The van der Waals surface area contributed by atoms with Gasteiger partial charge in [0.25, 0.3) is 0 Å². The Balaban J connectivity index is 1.74. The third-order valence-corrected chi connectivity index (χ3v) is 40.8. The molecule has 50 heavy (non-hydrogen) atoms. The number of hydrogen-bond donors (Lipinski definition) is 0. The lowest BCUT2D eigenvalue weighted by Gasteiger charge is -2.40. The van der Waals surface area contributed by atoms with Crippen molar-refractivity contribution in [3.8, 4) is 0 Å². The second-order valence-electron chi connectivity index (χ2n) is 21.0. The van der Waals surface area contributed by atoms with Gasteiger partial charge in [-0.05, 0) is 0 Å². The summed E-state index contributed by atoms with van der Waals surface area (Å²) in [6, 6.07) is 46.8. The van der Waals surface area contributed by atoms with Crippen LogP contribution in [-0.2, 0) is 0 Å². The molecule has 3 aliphatic rings. The van der Waals surface area contributed by atoms with Crippen LogP contribution >= 0.6 is 0 Å². The van der Waals surface area contributed by atoms with Gasteiger partial charge >= 0.3 is 0 Å². The van der Waals surface area contributed by atoms with E-state index in [0.29, 0.717) is 0 Å². The van der Waals surface area contributed by atoms with Crippen LogP contribution in [0.15, 0.2) is 60.7 Å². The molecule has 0 aromatic heterocycles. The predicted octanol–water partition coefficient (Wildman–Crippen LogP) is 14.5. The number of benzene rings is 2. The molecule has 3 aliphatic heterocycles. The summed E-state index contributed by atoms with van der Waals surface area (Å²) in [4.78, 5) is 0. The molecule has 2 aromatic rings. The lowest BCUT2D eigenvalue weighted by Crippen LogP contribution is -2.51. The topological polar surface area (TPSA) is 0 Å². The summed E-state index contributed by atoms with van der Waals surface area (Å²) in [6.45, 7) is 22.5. The average molecular weight is 780 g/mol. The first-order chi connectivity index (χ1) is 23.7. The third kappa shape index (κ3) is 13.9. The fourth-order valence-electron chi connectivity index (χ4n) is 9.70. The Morgan fingerprint density at radius 1 is 0.260 bits per heavy atom. The highest BCUT2D eigenvalue weighted by Crippen LogP contribution is 2.40. The minimum atomic E-state index is -1.59. The zero-order valence-corrected chi connectivity index (χ0v) is 40.7. The van der Waals surface area contributed by atoms with Crippen molar-refractivity contribution in [1.82, 2.24) is 0 Å². The van der Waals surface area contributed by atoms with Crippen molar-refractivity contribution in [2.24, 2.45) is 0 Å². The van der Waals surface area contributed by atoms with Gasteiger partial charge in [0.2, 0.25) is 0 Å². The largest absolute Gasteiger partial charge is 0.0861 e. The first-order valence-electron chi connectivity index (χ1n) is 21.8. The molecule has 0 N–H and O–H groups in total. The highest BCUT2D eigenvalue weighted by molar-refractivity contribution is 6.96. The Hall–Kier alpha value is -0.259. The van der Waals surface area contributed by atoms with Crippen molar-refractivity contribution in [3.63, 3.8) is 0 Å². The van der Waals surface area contributed by atoms with Gasteiger partial charge in [-0.25, -0.2) is 0 Å². The number of hydrogen-bond acceptors (Lipinski definition) is 0. The van der Waals surface area contributed by atoms with Crippen molar-refractivity contribution in [2.75, 3.05) is 0 Å². The Kier molecular flexibility index (Phi) is 16.5. The molecular formula is C44H82Si6. The Morgan fingerprint density at radius 2 is 0.480 bits per heavy atom. The summed E-state index contributed by atoms with van der Waals surface area (Å²) in [7, 11) is -8.31. The molecule has 0 spiro atoms. The average Bonchev–Trinajstić information content (AvgIpc) is 3.09. The van der Waals surface area contributed by atoms with Gasteiger partial charge in [-0.3, -0.25) is 0 Å². The van der Waals surface area contributed by atoms with Crippen LogP contribution in [0.4, 0.5) is 0 Å². The minimum Gasteiger partial charge on any atom is -0.0694 e. The number of rotatable bonds is 2. The normalized spacial score (nSPS) is 29.7. The quantitative estimate of drug-likeness (QED) is 0.266. The van der Waals surface area contributed by atoms with Crippen LogP contribution in [0.5, 0.6) is 0 Å². The zero-order valence-electron chi connectivity index (χ0n) is 34.7. The van der Waals surface area contributed by atoms with Gasteiger partial charge in [-0.2, -0.15) is 0 Å². The van der Waals surface area contributed by atoms with Crippen LogP contribution in [0, 0.1) is 0 Å². The maximum Gasteiger partial charge on any atom is 0.0861 e. The van der Waals surface area contributed by atoms with E-state index in [0.717, 1.165) is 0 Å². The Morgan fingerprint density at radius 3 is 0.740 bits per heavy atom. The van der Waals surface area contributed by atoms with Crippen molar-refractivity contribution in [3.05, 3.63) is 60.7 Å². The summed E-state index contributed by atoms with van der Waals surface area (Å²) >= 11 is 0. The second kappa shape index (κ2) is 19.4. The first-order valence-corrected chi connectivity index (χ1v) is 40.7.